The van der Waals surface area contributed by atoms with Gasteiger partial charge in [0.05, 0.1) is 13.2 Å². The Bertz CT molecular complexity index is 1450. The largest absolute Gasteiger partial charge is 0.381 e. The smallest absolute Gasteiger partial charge is 0.270 e. The van der Waals surface area contributed by atoms with E-state index in [0.717, 1.165) is 42.4 Å². The maximum atomic E-state index is 15.1. The second-order valence-corrected chi connectivity index (χ2v) is 14.7. The summed E-state index contributed by atoms with van der Waals surface area (Å²) in [6.07, 6.45) is 9.60. The van der Waals surface area contributed by atoms with E-state index >= 15 is 8.78 Å². The van der Waals surface area contributed by atoms with Crippen LogP contribution in [0, 0.1) is 34.5 Å². The molecule has 262 valence electrons. The van der Waals surface area contributed by atoms with Crippen molar-refractivity contribution in [3.8, 4) is 0 Å². The summed E-state index contributed by atoms with van der Waals surface area (Å²) in [4.78, 5) is 18.4. The molecule has 1 aromatic carbocycles. The molecule has 2 unspecified atom stereocenters. The van der Waals surface area contributed by atoms with Gasteiger partial charge in [-0.3, -0.25) is 4.79 Å². The number of ketones is 1. The number of pyridine rings is 1. The number of halogens is 2. The van der Waals surface area contributed by atoms with Gasteiger partial charge in [0.15, 0.2) is 5.78 Å². The minimum Gasteiger partial charge on any atom is -0.381 e. The molecule has 1 aromatic heterocycles. The molecule has 0 bridgehead atoms. The van der Waals surface area contributed by atoms with Crippen LogP contribution in [0.1, 0.15) is 123 Å². The van der Waals surface area contributed by atoms with E-state index in [1.165, 1.54) is 25.5 Å². The second kappa shape index (κ2) is 16.1. The van der Waals surface area contributed by atoms with E-state index in [9.17, 15) is 4.79 Å². The lowest BCUT2D eigenvalue weighted by Gasteiger charge is -2.35. The summed E-state index contributed by atoms with van der Waals surface area (Å²) in [5.41, 5.74) is 4.22. The van der Waals surface area contributed by atoms with Crippen LogP contribution >= 0.6 is 0 Å². The standard InChI is InChI=1S/C39H55F2N5O2/c1-5-8-26(20-42)16-35(43)38(30-22-48-23-30)29-18-31(46-37(19-29)44-6-2)12-11-25-13-32-33(36(47)17-25)14-27(15-34(32)39(4,40)41)21-45-24(3)28-9-7-10-28/h14-15,18-20,24-26,28,30,38,42-43,45H,5-13,16-17,21-23H2,1-4H3,(H,44,46)/t24-,25?,26?,38+/m0/s1. The molecule has 1 aliphatic heterocycles. The molecule has 48 heavy (non-hydrogen) atoms. The van der Waals surface area contributed by atoms with Crippen LogP contribution in [0.3, 0.4) is 0 Å². The first-order valence-electron chi connectivity index (χ1n) is 18.2. The minimum absolute atomic E-state index is 0.0175. The van der Waals surface area contributed by atoms with E-state index in [1.54, 1.807) is 6.07 Å². The number of rotatable bonds is 18. The van der Waals surface area contributed by atoms with Gasteiger partial charge in [0.1, 0.15) is 5.82 Å². The number of hydrogen-bond donors (Lipinski definition) is 4. The predicted molar refractivity (Wildman–Crippen MR) is 189 cm³/mol. The number of alkyl halides is 2. The third kappa shape index (κ3) is 8.75. The van der Waals surface area contributed by atoms with Gasteiger partial charge in [0.25, 0.3) is 5.92 Å². The van der Waals surface area contributed by atoms with E-state index in [4.69, 9.17) is 20.5 Å². The molecule has 2 aliphatic carbocycles. The average Bonchev–Trinajstić information content (AvgIpc) is 2.99. The van der Waals surface area contributed by atoms with Crippen LogP contribution < -0.4 is 10.6 Å². The molecule has 4 N–H and O–H groups in total. The topological polar surface area (TPSA) is 111 Å². The summed E-state index contributed by atoms with van der Waals surface area (Å²) in [5.74, 6) is -1.62. The lowest BCUT2D eigenvalue weighted by atomic mass is 9.76. The van der Waals surface area contributed by atoms with Crippen molar-refractivity contribution in [3.05, 3.63) is 57.8 Å². The fraction of sp³-hybridized carbons (Fsp3) is 0.641. The molecule has 2 fully saturated rings. The molecular weight excluding hydrogens is 608 g/mol. The van der Waals surface area contributed by atoms with Gasteiger partial charge in [0, 0.05) is 66.8 Å². The number of benzene rings is 1. The molecule has 0 radical (unpaired) electrons. The average molecular weight is 664 g/mol. The third-order valence-corrected chi connectivity index (χ3v) is 10.8. The fourth-order valence-corrected chi connectivity index (χ4v) is 7.79. The van der Waals surface area contributed by atoms with Crippen molar-refractivity contribution < 1.29 is 18.3 Å². The summed E-state index contributed by atoms with van der Waals surface area (Å²) >= 11 is 0. The Morgan fingerprint density at radius 3 is 2.52 bits per heavy atom. The van der Waals surface area contributed by atoms with Crippen molar-refractivity contribution in [3.63, 3.8) is 0 Å². The zero-order chi connectivity index (χ0) is 34.4. The van der Waals surface area contributed by atoms with Crippen LogP contribution in [0.4, 0.5) is 14.6 Å². The van der Waals surface area contributed by atoms with Crippen LogP contribution in [0.2, 0.25) is 0 Å². The Hall–Kier alpha value is -3.04. The first kappa shape index (κ1) is 36.2. The molecule has 7 nitrogen and oxygen atoms in total. The van der Waals surface area contributed by atoms with E-state index in [0.29, 0.717) is 87.2 Å². The van der Waals surface area contributed by atoms with Gasteiger partial charge in [-0.15, -0.1) is 0 Å². The van der Waals surface area contributed by atoms with Crippen molar-refractivity contribution >= 4 is 23.5 Å². The minimum atomic E-state index is -3.04. The van der Waals surface area contributed by atoms with E-state index in [-0.39, 0.29) is 35.0 Å². The highest BCUT2D eigenvalue weighted by atomic mass is 19.3. The van der Waals surface area contributed by atoms with Crippen LogP contribution in [0.15, 0.2) is 24.3 Å². The number of carbonyl (C=O) groups excluding carboxylic acids is 1. The summed E-state index contributed by atoms with van der Waals surface area (Å²) in [7, 11) is 0. The molecule has 9 heteroatoms. The van der Waals surface area contributed by atoms with Crippen molar-refractivity contribution in [1.82, 2.24) is 10.3 Å². The molecule has 1 saturated heterocycles. The Morgan fingerprint density at radius 2 is 1.92 bits per heavy atom. The van der Waals surface area contributed by atoms with Crippen molar-refractivity contribution in [1.29, 1.82) is 10.8 Å². The first-order chi connectivity index (χ1) is 23.0. The van der Waals surface area contributed by atoms with E-state index < -0.39 is 5.92 Å². The van der Waals surface area contributed by atoms with Crippen LogP contribution in [-0.2, 0) is 30.0 Å². The molecule has 5 rings (SSSR count). The van der Waals surface area contributed by atoms with Gasteiger partial charge in [-0.1, -0.05) is 19.8 Å². The zero-order valence-electron chi connectivity index (χ0n) is 29.3. The van der Waals surface area contributed by atoms with Crippen molar-refractivity contribution in [2.45, 2.75) is 116 Å². The molecule has 3 aliphatic rings. The number of carbonyl (C=O) groups is 1. The van der Waals surface area contributed by atoms with E-state index in [1.807, 2.05) is 19.1 Å². The molecule has 4 atom stereocenters. The molecule has 2 heterocycles. The highest BCUT2D eigenvalue weighted by Gasteiger charge is 2.36. The third-order valence-electron chi connectivity index (χ3n) is 10.8. The number of Topliss-reactive ketones (excluding diaryl/α,β-unsaturated/α-hetero) is 1. The SMILES string of the molecule is CCCC(C=N)CC(=N)[C@H](c1cc(CCC2CC(=O)c3cc(CN[C@@H](C)C4CCC4)cc(C(C)(F)F)c3C2)nc(NCC)c1)C1COC1. The Labute approximate surface area is 285 Å². The van der Waals surface area contributed by atoms with E-state index in [2.05, 4.69) is 30.5 Å². The molecule has 0 spiro atoms. The molecular formula is C39H55F2N5O2. The summed E-state index contributed by atoms with van der Waals surface area (Å²) < 4.78 is 35.7. The second-order valence-electron chi connectivity index (χ2n) is 14.7. The van der Waals surface area contributed by atoms with Crippen LogP contribution in [0.5, 0.6) is 0 Å². The summed E-state index contributed by atoms with van der Waals surface area (Å²) in [6, 6.07) is 7.92. The number of nitrogens with zero attached hydrogens (tertiary/aromatic N) is 1. The van der Waals surface area contributed by atoms with Gasteiger partial charge in [0.2, 0.25) is 0 Å². The van der Waals surface area contributed by atoms with Crippen LogP contribution in [-0.4, -0.2) is 48.5 Å². The zero-order valence-corrected chi connectivity index (χ0v) is 29.3. The highest BCUT2D eigenvalue weighted by Crippen LogP contribution is 2.40. The predicted octanol–water partition coefficient (Wildman–Crippen LogP) is 8.49. The summed E-state index contributed by atoms with van der Waals surface area (Å²) in [5, 5.41) is 23.9. The van der Waals surface area contributed by atoms with Gasteiger partial charge in [-0.2, -0.15) is 0 Å². The quantitative estimate of drug-likeness (QED) is 0.120. The number of fused-ring (bicyclic) bond motifs is 1. The lowest BCUT2D eigenvalue weighted by Crippen LogP contribution is -2.37. The molecule has 0 amide bonds. The monoisotopic (exact) mass is 663 g/mol. The number of aromatic nitrogens is 1. The Kier molecular flexibility index (Phi) is 12.2. The van der Waals surface area contributed by atoms with Crippen LogP contribution in [0.25, 0.3) is 0 Å². The molecule has 2 aromatic rings. The maximum Gasteiger partial charge on any atom is 0.270 e. The maximum absolute atomic E-state index is 15.1. The van der Waals surface area contributed by atoms with Gasteiger partial charge >= 0.3 is 0 Å². The van der Waals surface area contributed by atoms with Gasteiger partial charge in [-0.05, 0) is 124 Å². The van der Waals surface area contributed by atoms with Gasteiger partial charge in [-0.25, -0.2) is 13.8 Å². The molecule has 1 saturated carbocycles. The highest BCUT2D eigenvalue weighted by molar-refractivity contribution is 5.99. The Morgan fingerprint density at radius 1 is 1.15 bits per heavy atom. The van der Waals surface area contributed by atoms with Gasteiger partial charge < -0.3 is 26.2 Å². The number of nitrogens with one attached hydrogen (secondary N) is 4. The summed E-state index contributed by atoms with van der Waals surface area (Å²) in [6.45, 7) is 9.63. The Balaban J connectivity index is 1.34. The number of ether oxygens (including phenoxy) is 1. The number of hydrogen-bond acceptors (Lipinski definition) is 7. The normalized spacial score (nSPS) is 20.3. The van der Waals surface area contributed by atoms with Crippen molar-refractivity contribution in [2.24, 2.45) is 23.7 Å². The first-order valence-corrected chi connectivity index (χ1v) is 18.2. The fourth-order valence-electron chi connectivity index (χ4n) is 7.79. The number of aryl methyl sites for hydroxylation is 1. The van der Waals surface area contributed by atoms with Crippen molar-refractivity contribution in [2.75, 3.05) is 25.1 Å². The number of anilines is 1. The lowest BCUT2D eigenvalue weighted by molar-refractivity contribution is -0.0360.